The van der Waals surface area contributed by atoms with Crippen LogP contribution in [-0.2, 0) is 6.42 Å². The van der Waals surface area contributed by atoms with E-state index in [4.69, 9.17) is 11.6 Å². The molecule has 6 nitrogen and oxygen atoms in total. The zero-order chi connectivity index (χ0) is 15.2. The Morgan fingerprint density at radius 1 is 1.43 bits per heavy atom. The van der Waals surface area contributed by atoms with Gasteiger partial charge >= 0.3 is 6.03 Å². The van der Waals surface area contributed by atoms with Gasteiger partial charge in [0.25, 0.3) is 0 Å². The summed E-state index contributed by atoms with van der Waals surface area (Å²) in [5, 5.41) is 24.6. The second-order valence-electron chi connectivity index (χ2n) is 4.23. The van der Waals surface area contributed by atoms with Crippen molar-refractivity contribution < 1.29 is 9.90 Å². The van der Waals surface area contributed by atoms with Crippen molar-refractivity contribution >= 4 is 34.1 Å². The van der Waals surface area contributed by atoms with Crippen LogP contribution in [0.3, 0.4) is 0 Å². The van der Waals surface area contributed by atoms with E-state index in [2.05, 4.69) is 20.8 Å². The molecule has 1 heterocycles. The first-order chi connectivity index (χ1) is 10.1. The van der Waals surface area contributed by atoms with E-state index in [0.29, 0.717) is 15.7 Å². The Balaban J connectivity index is 1.85. The normalized spacial score (nSPS) is 12.0. The van der Waals surface area contributed by atoms with Crippen LogP contribution in [0.15, 0.2) is 24.3 Å². The van der Waals surface area contributed by atoms with E-state index >= 15 is 0 Å². The number of halogens is 1. The van der Waals surface area contributed by atoms with E-state index in [1.807, 2.05) is 6.92 Å². The van der Waals surface area contributed by atoms with Crippen molar-refractivity contribution in [3.63, 3.8) is 0 Å². The van der Waals surface area contributed by atoms with Gasteiger partial charge in [0.15, 0.2) is 0 Å². The molecule has 2 aromatic rings. The topological polar surface area (TPSA) is 87.1 Å². The molecule has 8 heteroatoms. The number of hydrogen-bond acceptors (Lipinski definition) is 5. The van der Waals surface area contributed by atoms with Gasteiger partial charge in [0, 0.05) is 17.1 Å². The van der Waals surface area contributed by atoms with E-state index < -0.39 is 12.1 Å². The second kappa shape index (κ2) is 7.35. The molecule has 0 aliphatic carbocycles. The molecule has 0 fully saturated rings. The van der Waals surface area contributed by atoms with E-state index in [1.54, 1.807) is 24.3 Å². The summed E-state index contributed by atoms with van der Waals surface area (Å²) in [4.78, 5) is 11.7. The van der Waals surface area contributed by atoms with Crippen molar-refractivity contribution in [2.45, 2.75) is 19.4 Å². The maximum absolute atomic E-state index is 11.7. The maximum atomic E-state index is 11.7. The summed E-state index contributed by atoms with van der Waals surface area (Å²) in [7, 11) is 0. The minimum absolute atomic E-state index is 0.0506. The molecule has 0 spiro atoms. The first-order valence-electron chi connectivity index (χ1n) is 6.40. The quantitative estimate of drug-likeness (QED) is 0.788. The number of hydrogen-bond donors (Lipinski definition) is 3. The predicted octanol–water partition coefficient (Wildman–Crippen LogP) is 2.61. The van der Waals surface area contributed by atoms with Gasteiger partial charge in [0.2, 0.25) is 5.13 Å². The zero-order valence-electron chi connectivity index (χ0n) is 11.3. The SMILES string of the molecule is CCc1nnc(NC(=O)NCC(O)c2ccccc2Cl)s1. The van der Waals surface area contributed by atoms with Crippen LogP contribution in [0.1, 0.15) is 23.6 Å². The lowest BCUT2D eigenvalue weighted by Gasteiger charge is -2.13. The fraction of sp³-hybridized carbons (Fsp3) is 0.308. The number of carbonyl (C=O) groups is 1. The summed E-state index contributed by atoms with van der Waals surface area (Å²) in [6, 6.07) is 6.51. The molecule has 2 amide bonds. The standard InChI is InChI=1S/C13H15ClN4O2S/c1-2-11-17-18-13(21-11)16-12(20)15-7-10(19)8-5-3-4-6-9(8)14/h3-6,10,19H,2,7H2,1H3,(H2,15,16,18,20). The van der Waals surface area contributed by atoms with Gasteiger partial charge in [-0.2, -0.15) is 0 Å². The number of carbonyl (C=O) groups excluding carboxylic acids is 1. The van der Waals surface area contributed by atoms with Crippen molar-refractivity contribution in [3.05, 3.63) is 39.9 Å². The van der Waals surface area contributed by atoms with Gasteiger partial charge in [0.1, 0.15) is 5.01 Å². The predicted molar refractivity (Wildman–Crippen MR) is 82.7 cm³/mol. The number of aliphatic hydroxyl groups excluding tert-OH is 1. The third kappa shape index (κ3) is 4.38. The molecule has 2 rings (SSSR count). The molecule has 0 saturated heterocycles. The highest BCUT2D eigenvalue weighted by atomic mass is 35.5. The number of nitrogens with zero attached hydrogens (tertiary/aromatic N) is 2. The summed E-state index contributed by atoms with van der Waals surface area (Å²) >= 11 is 7.29. The Labute approximate surface area is 131 Å². The lowest BCUT2D eigenvalue weighted by Crippen LogP contribution is -2.32. The summed E-state index contributed by atoms with van der Waals surface area (Å²) in [6.45, 7) is 2.01. The molecule has 1 atom stereocenters. The average molecular weight is 327 g/mol. The van der Waals surface area contributed by atoms with Crippen molar-refractivity contribution in [1.29, 1.82) is 0 Å². The molecular weight excluding hydrogens is 312 g/mol. The molecular formula is C13H15ClN4O2S. The number of rotatable bonds is 5. The van der Waals surface area contributed by atoms with Crippen molar-refractivity contribution in [1.82, 2.24) is 15.5 Å². The van der Waals surface area contributed by atoms with Gasteiger partial charge in [-0.1, -0.05) is 48.1 Å². The van der Waals surface area contributed by atoms with E-state index in [9.17, 15) is 9.90 Å². The molecule has 0 aliphatic rings. The Morgan fingerprint density at radius 2 is 2.19 bits per heavy atom. The number of aromatic nitrogens is 2. The van der Waals surface area contributed by atoms with Crippen molar-refractivity contribution in [3.8, 4) is 0 Å². The summed E-state index contributed by atoms with van der Waals surface area (Å²) < 4.78 is 0. The molecule has 21 heavy (non-hydrogen) atoms. The summed E-state index contributed by atoms with van der Waals surface area (Å²) in [6.07, 6.45) is -0.100. The minimum atomic E-state index is -0.870. The highest BCUT2D eigenvalue weighted by molar-refractivity contribution is 7.15. The Kier molecular flexibility index (Phi) is 5.49. The van der Waals surface area contributed by atoms with Crippen LogP contribution in [0.25, 0.3) is 0 Å². The fourth-order valence-electron chi connectivity index (χ4n) is 1.63. The number of anilines is 1. The number of aryl methyl sites for hydroxylation is 1. The third-order valence-corrected chi connectivity index (χ3v) is 4.04. The van der Waals surface area contributed by atoms with Crippen LogP contribution in [0.2, 0.25) is 5.02 Å². The molecule has 1 aromatic heterocycles. The molecule has 3 N–H and O–H groups in total. The number of nitrogens with one attached hydrogen (secondary N) is 2. The van der Waals surface area contributed by atoms with Crippen LogP contribution in [-0.4, -0.2) is 27.9 Å². The summed E-state index contributed by atoms with van der Waals surface area (Å²) in [5.74, 6) is 0. The third-order valence-electron chi connectivity index (χ3n) is 2.71. The lowest BCUT2D eigenvalue weighted by atomic mass is 10.1. The number of aliphatic hydroxyl groups is 1. The maximum Gasteiger partial charge on any atom is 0.321 e. The Morgan fingerprint density at radius 3 is 2.86 bits per heavy atom. The van der Waals surface area contributed by atoms with E-state index in [1.165, 1.54) is 11.3 Å². The molecule has 0 aliphatic heterocycles. The van der Waals surface area contributed by atoms with Crippen LogP contribution < -0.4 is 10.6 Å². The molecule has 0 bridgehead atoms. The van der Waals surface area contributed by atoms with Crippen LogP contribution in [0.4, 0.5) is 9.93 Å². The number of benzene rings is 1. The number of amides is 2. The smallest absolute Gasteiger partial charge is 0.321 e. The molecule has 0 radical (unpaired) electrons. The fourth-order valence-corrected chi connectivity index (χ4v) is 2.57. The van der Waals surface area contributed by atoms with Gasteiger partial charge in [-0.25, -0.2) is 4.79 Å². The molecule has 1 aromatic carbocycles. The first kappa shape index (κ1) is 15.7. The van der Waals surface area contributed by atoms with E-state index in [0.717, 1.165) is 11.4 Å². The first-order valence-corrected chi connectivity index (χ1v) is 7.59. The Hall–Kier alpha value is -1.70. The largest absolute Gasteiger partial charge is 0.387 e. The highest BCUT2D eigenvalue weighted by Gasteiger charge is 2.13. The van der Waals surface area contributed by atoms with Gasteiger partial charge in [-0.15, -0.1) is 10.2 Å². The van der Waals surface area contributed by atoms with Crippen LogP contribution >= 0.6 is 22.9 Å². The molecule has 1 unspecified atom stereocenters. The van der Waals surface area contributed by atoms with Gasteiger partial charge in [-0.05, 0) is 12.5 Å². The van der Waals surface area contributed by atoms with Crippen molar-refractivity contribution in [2.75, 3.05) is 11.9 Å². The monoisotopic (exact) mass is 326 g/mol. The lowest BCUT2D eigenvalue weighted by molar-refractivity contribution is 0.175. The average Bonchev–Trinajstić information content (AvgIpc) is 2.93. The molecule has 0 saturated carbocycles. The van der Waals surface area contributed by atoms with Gasteiger partial charge < -0.3 is 10.4 Å². The minimum Gasteiger partial charge on any atom is -0.387 e. The zero-order valence-corrected chi connectivity index (χ0v) is 12.9. The number of urea groups is 1. The summed E-state index contributed by atoms with van der Waals surface area (Å²) in [5.41, 5.74) is 0.573. The Bertz CT molecular complexity index is 620. The van der Waals surface area contributed by atoms with Crippen molar-refractivity contribution in [2.24, 2.45) is 0 Å². The van der Waals surface area contributed by atoms with Gasteiger partial charge in [0.05, 0.1) is 6.10 Å². The van der Waals surface area contributed by atoms with Gasteiger partial charge in [-0.3, -0.25) is 5.32 Å². The van der Waals surface area contributed by atoms with Crippen LogP contribution in [0.5, 0.6) is 0 Å². The molecule has 112 valence electrons. The van der Waals surface area contributed by atoms with E-state index in [-0.39, 0.29) is 6.54 Å². The second-order valence-corrected chi connectivity index (χ2v) is 5.70. The highest BCUT2D eigenvalue weighted by Crippen LogP contribution is 2.22. The van der Waals surface area contributed by atoms with Crippen LogP contribution in [0, 0.1) is 0 Å².